The van der Waals surface area contributed by atoms with Crippen LogP contribution in [0.15, 0.2) is 29.3 Å². The second-order valence-corrected chi connectivity index (χ2v) is 2.86. The van der Waals surface area contributed by atoms with Crippen LogP contribution in [0.3, 0.4) is 0 Å². The van der Waals surface area contributed by atoms with Gasteiger partial charge in [-0.1, -0.05) is 24.3 Å². The summed E-state index contributed by atoms with van der Waals surface area (Å²) in [5, 5.41) is 3.14. The van der Waals surface area contributed by atoms with Gasteiger partial charge in [-0.2, -0.15) is 0 Å². The Labute approximate surface area is 76.5 Å². The highest BCUT2D eigenvalue weighted by atomic mass is 16.1. The Hall–Kier alpha value is -1.64. The van der Waals surface area contributed by atoms with Crippen LogP contribution >= 0.6 is 0 Å². The largest absolute Gasteiger partial charge is 0.368 e. The zero-order chi connectivity index (χ0) is 9.10. The third kappa shape index (κ3) is 1.45. The Balaban J connectivity index is 2.43. The molecule has 0 saturated carbocycles. The fourth-order valence-corrected chi connectivity index (χ4v) is 1.39. The number of benzene rings is 1. The van der Waals surface area contributed by atoms with E-state index in [0.717, 1.165) is 30.8 Å². The van der Waals surface area contributed by atoms with Crippen molar-refractivity contribution in [3.63, 3.8) is 0 Å². The summed E-state index contributed by atoms with van der Waals surface area (Å²) in [5.41, 5.74) is 1.59. The molecule has 1 aromatic carbocycles. The number of nitrogens with zero attached hydrogens (tertiary/aromatic N) is 1. The van der Waals surface area contributed by atoms with Gasteiger partial charge in [0.1, 0.15) is 5.84 Å². The van der Waals surface area contributed by atoms with Crippen molar-refractivity contribution in [3.05, 3.63) is 35.4 Å². The van der Waals surface area contributed by atoms with Gasteiger partial charge >= 0.3 is 0 Å². The van der Waals surface area contributed by atoms with Crippen molar-refractivity contribution in [2.75, 3.05) is 13.1 Å². The van der Waals surface area contributed by atoms with E-state index in [1.165, 1.54) is 0 Å². The number of aliphatic imine (C=N–C) groups is 1. The number of hydrogen-bond acceptors (Lipinski definition) is 3. The van der Waals surface area contributed by atoms with Crippen LogP contribution < -0.4 is 5.32 Å². The smallest absolute Gasteiger partial charge is 0.150 e. The van der Waals surface area contributed by atoms with Crippen molar-refractivity contribution in [2.24, 2.45) is 4.99 Å². The van der Waals surface area contributed by atoms with E-state index in [1.54, 1.807) is 6.07 Å². The minimum Gasteiger partial charge on any atom is -0.368 e. The van der Waals surface area contributed by atoms with Crippen molar-refractivity contribution >= 4 is 12.1 Å². The van der Waals surface area contributed by atoms with Gasteiger partial charge < -0.3 is 5.32 Å². The van der Waals surface area contributed by atoms with Crippen LogP contribution in [-0.4, -0.2) is 25.2 Å². The van der Waals surface area contributed by atoms with Gasteiger partial charge in [-0.05, 0) is 0 Å². The molecule has 0 aliphatic carbocycles. The first kappa shape index (κ1) is 7.98. The van der Waals surface area contributed by atoms with Crippen molar-refractivity contribution in [1.82, 2.24) is 5.32 Å². The zero-order valence-electron chi connectivity index (χ0n) is 7.16. The number of nitrogens with one attached hydrogen (secondary N) is 1. The first-order chi connectivity index (χ1) is 6.42. The first-order valence-corrected chi connectivity index (χ1v) is 4.25. The van der Waals surface area contributed by atoms with Gasteiger partial charge in [0, 0.05) is 17.7 Å². The lowest BCUT2D eigenvalue weighted by molar-refractivity contribution is 0.112. The summed E-state index contributed by atoms with van der Waals surface area (Å²) in [6, 6.07) is 7.46. The molecule has 0 aromatic heterocycles. The fraction of sp³-hybridized carbons (Fsp3) is 0.200. The van der Waals surface area contributed by atoms with Crippen LogP contribution in [0, 0.1) is 0 Å². The summed E-state index contributed by atoms with van der Waals surface area (Å²) in [6.45, 7) is 1.66. The molecule has 0 radical (unpaired) electrons. The predicted molar refractivity (Wildman–Crippen MR) is 51.2 cm³/mol. The molecule has 1 N–H and O–H groups in total. The van der Waals surface area contributed by atoms with Gasteiger partial charge in [-0.25, -0.2) is 0 Å². The Morgan fingerprint density at radius 1 is 1.38 bits per heavy atom. The zero-order valence-corrected chi connectivity index (χ0v) is 7.16. The van der Waals surface area contributed by atoms with E-state index in [4.69, 9.17) is 0 Å². The average Bonchev–Trinajstić information content (AvgIpc) is 2.70. The molecule has 66 valence electrons. The Morgan fingerprint density at radius 2 is 2.23 bits per heavy atom. The van der Waals surface area contributed by atoms with E-state index in [1.807, 2.05) is 18.2 Å². The van der Waals surface area contributed by atoms with Gasteiger partial charge in [-0.3, -0.25) is 9.79 Å². The predicted octanol–water partition coefficient (Wildman–Crippen LogP) is 0.849. The minimum absolute atomic E-state index is 0.690. The second-order valence-electron chi connectivity index (χ2n) is 2.86. The molecule has 0 amide bonds. The number of carbonyl (C=O) groups is 1. The molecule has 0 saturated heterocycles. The summed E-state index contributed by atoms with van der Waals surface area (Å²) in [5.74, 6) is 0.836. The topological polar surface area (TPSA) is 41.5 Å². The van der Waals surface area contributed by atoms with Gasteiger partial charge in [0.05, 0.1) is 6.54 Å². The molecule has 2 rings (SSSR count). The van der Waals surface area contributed by atoms with Crippen molar-refractivity contribution in [3.8, 4) is 0 Å². The molecule has 1 aliphatic rings. The number of aldehydes is 1. The van der Waals surface area contributed by atoms with Crippen LogP contribution in [0.1, 0.15) is 15.9 Å². The van der Waals surface area contributed by atoms with E-state index in [-0.39, 0.29) is 0 Å². The third-order valence-electron chi connectivity index (χ3n) is 2.02. The molecule has 0 atom stereocenters. The summed E-state index contributed by atoms with van der Waals surface area (Å²) >= 11 is 0. The second kappa shape index (κ2) is 3.39. The van der Waals surface area contributed by atoms with E-state index in [9.17, 15) is 4.79 Å². The Bertz CT molecular complexity index is 358. The highest BCUT2D eigenvalue weighted by molar-refractivity contribution is 6.05. The Morgan fingerprint density at radius 3 is 2.92 bits per heavy atom. The van der Waals surface area contributed by atoms with E-state index in [2.05, 4.69) is 10.3 Å². The number of carbonyl (C=O) groups excluding carboxylic acids is 1. The fourth-order valence-electron chi connectivity index (χ4n) is 1.39. The SMILES string of the molecule is O=Cc1ccccc1C1=NCCN1. The van der Waals surface area contributed by atoms with Crippen LogP contribution in [-0.2, 0) is 0 Å². The molecule has 1 aromatic rings. The van der Waals surface area contributed by atoms with Crippen LogP contribution in [0.5, 0.6) is 0 Å². The van der Waals surface area contributed by atoms with E-state index >= 15 is 0 Å². The molecular formula is C10H10N2O. The molecule has 0 fully saturated rings. The maximum atomic E-state index is 10.7. The van der Waals surface area contributed by atoms with Crippen molar-refractivity contribution in [1.29, 1.82) is 0 Å². The minimum atomic E-state index is 0.690. The molecular weight excluding hydrogens is 164 g/mol. The molecule has 1 heterocycles. The molecule has 0 spiro atoms. The normalized spacial score (nSPS) is 14.9. The van der Waals surface area contributed by atoms with Crippen LogP contribution in [0.25, 0.3) is 0 Å². The van der Waals surface area contributed by atoms with Crippen LogP contribution in [0.2, 0.25) is 0 Å². The lowest BCUT2D eigenvalue weighted by Gasteiger charge is -2.03. The highest BCUT2D eigenvalue weighted by Gasteiger charge is 2.10. The molecule has 0 unspecified atom stereocenters. The summed E-state index contributed by atoms with van der Waals surface area (Å²) in [6.07, 6.45) is 0.859. The summed E-state index contributed by atoms with van der Waals surface area (Å²) in [4.78, 5) is 15.0. The molecule has 1 aliphatic heterocycles. The average molecular weight is 174 g/mol. The maximum absolute atomic E-state index is 10.7. The monoisotopic (exact) mass is 174 g/mol. The molecule has 3 heteroatoms. The van der Waals surface area contributed by atoms with Gasteiger partial charge in [0.25, 0.3) is 0 Å². The van der Waals surface area contributed by atoms with E-state index in [0.29, 0.717) is 5.56 Å². The first-order valence-electron chi connectivity index (χ1n) is 4.25. The van der Waals surface area contributed by atoms with Crippen LogP contribution in [0.4, 0.5) is 0 Å². The highest BCUT2D eigenvalue weighted by Crippen LogP contribution is 2.08. The Kier molecular flexibility index (Phi) is 2.08. The lowest BCUT2D eigenvalue weighted by Crippen LogP contribution is -2.20. The standard InChI is InChI=1S/C10H10N2O/c13-7-8-3-1-2-4-9(8)10-11-5-6-12-10/h1-4,7H,5-6H2,(H,11,12). The third-order valence-corrected chi connectivity index (χ3v) is 2.02. The number of amidine groups is 1. The molecule has 0 bridgehead atoms. The molecule has 13 heavy (non-hydrogen) atoms. The maximum Gasteiger partial charge on any atom is 0.150 e. The summed E-state index contributed by atoms with van der Waals surface area (Å²) < 4.78 is 0. The van der Waals surface area contributed by atoms with Crippen molar-refractivity contribution < 1.29 is 4.79 Å². The van der Waals surface area contributed by atoms with Crippen molar-refractivity contribution in [2.45, 2.75) is 0 Å². The lowest BCUT2D eigenvalue weighted by atomic mass is 10.1. The summed E-state index contributed by atoms with van der Waals surface area (Å²) in [7, 11) is 0. The van der Waals surface area contributed by atoms with E-state index < -0.39 is 0 Å². The van der Waals surface area contributed by atoms with Gasteiger partial charge in [0.15, 0.2) is 6.29 Å². The quantitative estimate of drug-likeness (QED) is 0.675. The number of rotatable bonds is 2. The van der Waals surface area contributed by atoms with Gasteiger partial charge in [-0.15, -0.1) is 0 Å². The molecule has 3 nitrogen and oxygen atoms in total. The van der Waals surface area contributed by atoms with Gasteiger partial charge in [0.2, 0.25) is 0 Å². The number of hydrogen-bond donors (Lipinski definition) is 1.